The first-order chi connectivity index (χ1) is 10.8. The van der Waals surface area contributed by atoms with Gasteiger partial charge in [0.1, 0.15) is 16.8 Å². The zero-order chi connectivity index (χ0) is 16.8. The van der Waals surface area contributed by atoms with Gasteiger partial charge in [0.05, 0.1) is 5.02 Å². The van der Waals surface area contributed by atoms with Crippen molar-refractivity contribution in [3.05, 3.63) is 29.0 Å². The molecule has 1 aliphatic carbocycles. The maximum absolute atomic E-state index is 14.1. The third-order valence-electron chi connectivity index (χ3n) is 4.77. The summed E-state index contributed by atoms with van der Waals surface area (Å²) in [4.78, 5) is 10.9. The van der Waals surface area contributed by atoms with E-state index < -0.39 is 38.8 Å². The largest absolute Gasteiger partial charge is 0.480 e. The van der Waals surface area contributed by atoms with Gasteiger partial charge in [-0.1, -0.05) is 30.5 Å². The van der Waals surface area contributed by atoms with Crippen LogP contribution in [-0.4, -0.2) is 35.9 Å². The molecule has 0 radical (unpaired) electrons. The number of hydrogen-bond acceptors (Lipinski definition) is 3. The van der Waals surface area contributed by atoms with Crippen LogP contribution in [0.25, 0.3) is 0 Å². The third-order valence-corrected chi connectivity index (χ3v) is 7.21. The van der Waals surface area contributed by atoms with Crippen LogP contribution in [0.2, 0.25) is 5.02 Å². The van der Waals surface area contributed by atoms with Crippen molar-refractivity contribution in [3.63, 3.8) is 0 Å². The van der Waals surface area contributed by atoms with Crippen LogP contribution in [0.5, 0.6) is 0 Å². The van der Waals surface area contributed by atoms with Crippen molar-refractivity contribution in [1.82, 2.24) is 4.31 Å². The van der Waals surface area contributed by atoms with Gasteiger partial charge in [-0.15, -0.1) is 0 Å². The second kappa shape index (κ2) is 6.03. The summed E-state index contributed by atoms with van der Waals surface area (Å²) in [7, 11) is -4.32. The van der Waals surface area contributed by atoms with Gasteiger partial charge in [-0.2, -0.15) is 4.31 Å². The predicted molar refractivity (Wildman–Crippen MR) is 82.2 cm³/mol. The number of hydrogen-bond donors (Lipinski definition) is 1. The highest BCUT2D eigenvalue weighted by Crippen LogP contribution is 2.43. The van der Waals surface area contributed by atoms with Gasteiger partial charge in [0.2, 0.25) is 10.0 Å². The van der Waals surface area contributed by atoms with Crippen LogP contribution in [-0.2, 0) is 14.8 Å². The van der Waals surface area contributed by atoms with Crippen molar-refractivity contribution >= 4 is 27.6 Å². The average Bonchev–Trinajstić information content (AvgIpc) is 2.87. The number of aliphatic carboxylic acids is 1. The lowest BCUT2D eigenvalue weighted by Crippen LogP contribution is -2.46. The summed E-state index contributed by atoms with van der Waals surface area (Å²) in [5.41, 5.74) is 0. The summed E-state index contributed by atoms with van der Waals surface area (Å²) in [5.74, 6) is -2.15. The van der Waals surface area contributed by atoms with E-state index in [1.807, 2.05) is 0 Å². The van der Waals surface area contributed by atoms with Gasteiger partial charge in [0, 0.05) is 6.04 Å². The van der Waals surface area contributed by atoms with E-state index in [0.717, 1.165) is 29.6 Å². The number of benzene rings is 1. The molecule has 0 amide bonds. The number of halogens is 2. The molecule has 126 valence electrons. The molecule has 1 heterocycles. The minimum absolute atomic E-state index is 0.00479. The molecule has 3 rings (SSSR count). The molecule has 1 aromatic rings. The maximum atomic E-state index is 14.1. The molecule has 1 aromatic carbocycles. The van der Waals surface area contributed by atoms with E-state index in [1.165, 1.54) is 12.1 Å². The number of nitrogens with zero attached hydrogens (tertiary/aromatic N) is 1. The summed E-state index contributed by atoms with van der Waals surface area (Å²) < 4.78 is 41.1. The lowest BCUT2D eigenvalue weighted by Gasteiger charge is -2.32. The normalized spacial score (nSPS) is 28.5. The topological polar surface area (TPSA) is 74.7 Å². The molecule has 2 aliphatic rings. The monoisotopic (exact) mass is 361 g/mol. The van der Waals surface area contributed by atoms with E-state index in [9.17, 15) is 22.7 Å². The fraction of sp³-hybridized carbons (Fsp3) is 0.533. The van der Waals surface area contributed by atoms with Gasteiger partial charge in [-0.05, 0) is 37.3 Å². The summed E-state index contributed by atoms with van der Waals surface area (Å²) in [6.45, 7) is 0. The first kappa shape index (κ1) is 16.7. The molecular formula is C15H17ClFNO4S. The first-order valence-electron chi connectivity index (χ1n) is 7.54. The minimum atomic E-state index is -4.32. The lowest BCUT2D eigenvalue weighted by atomic mass is 9.85. The van der Waals surface area contributed by atoms with Crippen molar-refractivity contribution in [2.75, 3.05) is 0 Å². The molecule has 3 unspecified atom stereocenters. The number of carboxylic acids is 1. The molecule has 0 aromatic heterocycles. The van der Waals surface area contributed by atoms with Gasteiger partial charge in [0.15, 0.2) is 0 Å². The lowest BCUT2D eigenvalue weighted by molar-refractivity contribution is -0.141. The Hall–Kier alpha value is -1.18. The van der Waals surface area contributed by atoms with Crippen molar-refractivity contribution in [2.45, 2.75) is 49.1 Å². The molecule has 0 spiro atoms. The Balaban J connectivity index is 2.11. The summed E-state index contributed by atoms with van der Waals surface area (Å²) in [6, 6.07) is 2.07. The maximum Gasteiger partial charge on any atom is 0.322 e. The van der Waals surface area contributed by atoms with Gasteiger partial charge in [-0.3, -0.25) is 4.79 Å². The zero-order valence-electron chi connectivity index (χ0n) is 12.3. The Morgan fingerprint density at radius 1 is 1.30 bits per heavy atom. The van der Waals surface area contributed by atoms with E-state index in [2.05, 4.69) is 0 Å². The molecule has 0 bridgehead atoms. The second-order valence-corrected chi connectivity index (χ2v) is 8.27. The molecule has 1 saturated carbocycles. The zero-order valence-corrected chi connectivity index (χ0v) is 13.9. The quantitative estimate of drug-likeness (QED) is 0.898. The van der Waals surface area contributed by atoms with Crippen LogP contribution in [0.4, 0.5) is 4.39 Å². The molecule has 23 heavy (non-hydrogen) atoms. The Bertz CT molecular complexity index is 719. The average molecular weight is 362 g/mol. The van der Waals surface area contributed by atoms with Crippen molar-refractivity contribution in [2.24, 2.45) is 5.92 Å². The Morgan fingerprint density at radius 2 is 2.00 bits per heavy atom. The molecular weight excluding hydrogens is 345 g/mol. The third kappa shape index (κ3) is 2.75. The number of carbonyl (C=O) groups is 1. The van der Waals surface area contributed by atoms with Crippen LogP contribution in [0.3, 0.4) is 0 Å². The SMILES string of the molecule is O=C(O)C1CC2CCCCC2N1S(=O)(=O)c1c(F)cccc1Cl. The Kier molecular flexibility index (Phi) is 4.37. The fourth-order valence-electron chi connectivity index (χ4n) is 3.81. The van der Waals surface area contributed by atoms with Crippen molar-refractivity contribution in [3.8, 4) is 0 Å². The smallest absolute Gasteiger partial charge is 0.322 e. The van der Waals surface area contributed by atoms with Gasteiger partial charge >= 0.3 is 5.97 Å². The van der Waals surface area contributed by atoms with Crippen LogP contribution in [0.15, 0.2) is 23.1 Å². The molecule has 5 nitrogen and oxygen atoms in total. The highest BCUT2D eigenvalue weighted by Gasteiger charge is 2.52. The van der Waals surface area contributed by atoms with Crippen molar-refractivity contribution < 1.29 is 22.7 Å². The van der Waals surface area contributed by atoms with E-state index in [0.29, 0.717) is 6.42 Å². The summed E-state index contributed by atoms with van der Waals surface area (Å²) in [6.07, 6.45) is 3.46. The highest BCUT2D eigenvalue weighted by molar-refractivity contribution is 7.89. The second-order valence-electron chi connectivity index (χ2n) is 6.09. The Morgan fingerprint density at radius 3 is 2.65 bits per heavy atom. The van der Waals surface area contributed by atoms with E-state index >= 15 is 0 Å². The standard InChI is InChI=1S/C15H17ClFNO4S/c16-10-5-3-6-11(17)14(10)23(21,22)18-12-7-2-1-4-9(12)8-13(18)15(19)20/h3,5-6,9,12-13H,1-2,4,7-8H2,(H,19,20). The molecule has 1 saturated heterocycles. The molecule has 2 fully saturated rings. The van der Waals surface area contributed by atoms with Crippen LogP contribution in [0, 0.1) is 11.7 Å². The summed E-state index contributed by atoms with van der Waals surface area (Å²) in [5, 5.41) is 9.22. The highest BCUT2D eigenvalue weighted by atomic mass is 35.5. The fourth-order valence-corrected chi connectivity index (χ4v) is 6.25. The molecule has 1 N–H and O–H groups in total. The number of sulfonamides is 1. The summed E-state index contributed by atoms with van der Waals surface area (Å²) >= 11 is 5.90. The van der Waals surface area contributed by atoms with Crippen molar-refractivity contribution in [1.29, 1.82) is 0 Å². The van der Waals surface area contributed by atoms with Crippen LogP contribution in [0.1, 0.15) is 32.1 Å². The molecule has 1 aliphatic heterocycles. The predicted octanol–water partition coefficient (Wildman–Crippen LogP) is 2.89. The van der Waals surface area contributed by atoms with Crippen LogP contribution < -0.4 is 0 Å². The van der Waals surface area contributed by atoms with E-state index in [1.54, 1.807) is 0 Å². The first-order valence-corrected chi connectivity index (χ1v) is 9.36. The Labute approximate surface area is 139 Å². The van der Waals surface area contributed by atoms with E-state index in [4.69, 9.17) is 11.6 Å². The van der Waals surface area contributed by atoms with Crippen LogP contribution >= 0.6 is 11.6 Å². The van der Waals surface area contributed by atoms with E-state index in [-0.39, 0.29) is 17.4 Å². The number of fused-ring (bicyclic) bond motifs is 1. The molecule has 3 atom stereocenters. The van der Waals surface area contributed by atoms with Gasteiger partial charge in [0.25, 0.3) is 0 Å². The van der Waals surface area contributed by atoms with Gasteiger partial charge < -0.3 is 5.11 Å². The number of carboxylic acid groups (broad SMARTS) is 1. The van der Waals surface area contributed by atoms with Gasteiger partial charge in [-0.25, -0.2) is 12.8 Å². The minimum Gasteiger partial charge on any atom is -0.480 e. The molecule has 8 heteroatoms. The number of rotatable bonds is 3.